The molecule has 0 aliphatic carbocycles. The van der Waals surface area contributed by atoms with Gasteiger partial charge in [0.1, 0.15) is 11.5 Å². The number of anilines is 2. The quantitative estimate of drug-likeness (QED) is 0.639. The van der Waals surface area contributed by atoms with Crippen molar-refractivity contribution in [2.24, 2.45) is 0 Å². The molecular weight excluding hydrogens is 274 g/mol. The highest BCUT2D eigenvalue weighted by molar-refractivity contribution is 5.60. The molecule has 1 aliphatic rings. The van der Waals surface area contributed by atoms with E-state index in [1.54, 1.807) is 0 Å². The first-order valence-corrected chi connectivity index (χ1v) is 7.30. The molecule has 4 N–H and O–H groups in total. The Labute approximate surface area is 122 Å². The summed E-state index contributed by atoms with van der Waals surface area (Å²) in [5.41, 5.74) is 5.29. The highest BCUT2D eigenvalue weighted by Gasteiger charge is 2.13. The highest BCUT2D eigenvalue weighted by atomic mass is 16.5. The zero-order valence-electron chi connectivity index (χ0n) is 12.4. The second kappa shape index (κ2) is 7.28. The first kappa shape index (κ1) is 15.6. The van der Waals surface area contributed by atoms with Crippen molar-refractivity contribution in [2.45, 2.75) is 19.9 Å². The summed E-state index contributed by atoms with van der Waals surface area (Å²) >= 11 is 0. The van der Waals surface area contributed by atoms with Crippen LogP contribution in [-0.4, -0.2) is 53.8 Å². The maximum atomic E-state index is 11.9. The van der Waals surface area contributed by atoms with Crippen LogP contribution >= 0.6 is 0 Å². The average Bonchev–Trinajstić information content (AvgIpc) is 2.48. The van der Waals surface area contributed by atoms with E-state index >= 15 is 0 Å². The summed E-state index contributed by atoms with van der Waals surface area (Å²) in [6.45, 7) is 7.09. The lowest BCUT2D eigenvalue weighted by molar-refractivity contribution is 0.0398. The Morgan fingerprint density at radius 3 is 2.67 bits per heavy atom. The topological polar surface area (TPSA) is 105 Å². The van der Waals surface area contributed by atoms with Gasteiger partial charge in [0.05, 0.1) is 13.2 Å². The number of H-pyrrole nitrogens is 1. The van der Waals surface area contributed by atoms with E-state index in [1.807, 2.05) is 6.92 Å². The third kappa shape index (κ3) is 3.85. The number of ether oxygens (including phenoxy) is 1. The monoisotopic (exact) mass is 297 g/mol. The summed E-state index contributed by atoms with van der Waals surface area (Å²) in [6.07, 6.45) is 0.767. The fourth-order valence-corrected chi connectivity index (χ4v) is 2.37. The molecule has 8 heteroatoms. The standard InChI is InChI=1S/C13H23N5O3/c1-2-4-18-11(14)10(12(19)16-13(18)20)15-3-5-17-6-8-21-9-7-17/h15H,2-9,14H2,1H3,(H,16,19,20). The lowest BCUT2D eigenvalue weighted by atomic mass is 10.3. The third-order valence-electron chi connectivity index (χ3n) is 3.52. The van der Waals surface area contributed by atoms with Crippen molar-refractivity contribution in [3.05, 3.63) is 20.8 Å². The van der Waals surface area contributed by atoms with Crippen molar-refractivity contribution < 1.29 is 4.74 Å². The van der Waals surface area contributed by atoms with Crippen LogP contribution in [0.3, 0.4) is 0 Å². The largest absolute Gasteiger partial charge is 0.383 e. The summed E-state index contributed by atoms with van der Waals surface area (Å²) in [7, 11) is 0. The number of nitrogens with zero attached hydrogens (tertiary/aromatic N) is 2. The van der Waals surface area contributed by atoms with E-state index in [4.69, 9.17) is 10.5 Å². The Hall–Kier alpha value is -1.80. The molecule has 0 atom stereocenters. The normalized spacial score (nSPS) is 16.0. The van der Waals surface area contributed by atoms with E-state index in [1.165, 1.54) is 4.57 Å². The van der Waals surface area contributed by atoms with Crippen LogP contribution in [0.1, 0.15) is 13.3 Å². The van der Waals surface area contributed by atoms with E-state index in [9.17, 15) is 9.59 Å². The third-order valence-corrected chi connectivity index (χ3v) is 3.52. The number of aromatic amines is 1. The van der Waals surface area contributed by atoms with Gasteiger partial charge in [0.2, 0.25) is 0 Å². The predicted octanol–water partition coefficient (Wildman–Crippen LogP) is -0.727. The van der Waals surface area contributed by atoms with Crippen LogP contribution in [0.4, 0.5) is 11.5 Å². The molecular formula is C13H23N5O3. The maximum Gasteiger partial charge on any atom is 0.330 e. The van der Waals surface area contributed by atoms with Gasteiger partial charge in [-0.1, -0.05) is 6.92 Å². The lowest BCUT2D eigenvalue weighted by Gasteiger charge is -2.26. The molecule has 21 heavy (non-hydrogen) atoms. The molecule has 2 heterocycles. The Morgan fingerprint density at radius 2 is 2.00 bits per heavy atom. The van der Waals surface area contributed by atoms with Crippen molar-refractivity contribution in [1.29, 1.82) is 0 Å². The van der Waals surface area contributed by atoms with Gasteiger partial charge in [-0.15, -0.1) is 0 Å². The van der Waals surface area contributed by atoms with Gasteiger partial charge in [-0.3, -0.25) is 19.2 Å². The lowest BCUT2D eigenvalue weighted by Crippen LogP contribution is -2.40. The van der Waals surface area contributed by atoms with Crippen LogP contribution in [0.2, 0.25) is 0 Å². The van der Waals surface area contributed by atoms with E-state index in [0.29, 0.717) is 13.1 Å². The fraction of sp³-hybridized carbons (Fsp3) is 0.692. The van der Waals surface area contributed by atoms with Crippen LogP contribution in [0.5, 0.6) is 0 Å². The fourth-order valence-electron chi connectivity index (χ4n) is 2.37. The van der Waals surface area contributed by atoms with Gasteiger partial charge >= 0.3 is 5.69 Å². The summed E-state index contributed by atoms with van der Waals surface area (Å²) in [6, 6.07) is 0. The van der Waals surface area contributed by atoms with Crippen LogP contribution in [0, 0.1) is 0 Å². The van der Waals surface area contributed by atoms with Gasteiger partial charge in [0.25, 0.3) is 5.56 Å². The number of hydrogen-bond acceptors (Lipinski definition) is 6. The zero-order chi connectivity index (χ0) is 15.2. The number of aromatic nitrogens is 2. The summed E-state index contributed by atoms with van der Waals surface area (Å²) in [5, 5.41) is 3.04. The molecule has 0 unspecified atom stereocenters. The van der Waals surface area contributed by atoms with Crippen molar-refractivity contribution in [1.82, 2.24) is 14.5 Å². The highest BCUT2D eigenvalue weighted by Crippen LogP contribution is 2.10. The minimum Gasteiger partial charge on any atom is -0.383 e. The van der Waals surface area contributed by atoms with Crippen molar-refractivity contribution in [3.63, 3.8) is 0 Å². The molecule has 1 fully saturated rings. The Kier molecular flexibility index (Phi) is 5.40. The number of nitrogen functional groups attached to an aromatic ring is 1. The minimum atomic E-state index is -0.466. The molecule has 0 amide bonds. The van der Waals surface area contributed by atoms with Gasteiger partial charge in [-0.05, 0) is 6.42 Å². The second-order valence-electron chi connectivity index (χ2n) is 5.05. The zero-order valence-corrected chi connectivity index (χ0v) is 12.4. The van der Waals surface area contributed by atoms with E-state index in [0.717, 1.165) is 39.3 Å². The Balaban J connectivity index is 2.03. The number of hydrogen-bond donors (Lipinski definition) is 3. The molecule has 0 radical (unpaired) electrons. The molecule has 0 bridgehead atoms. The van der Waals surface area contributed by atoms with Gasteiger partial charge in [-0.2, -0.15) is 0 Å². The molecule has 0 saturated carbocycles. The van der Waals surface area contributed by atoms with Crippen LogP contribution in [0.15, 0.2) is 9.59 Å². The van der Waals surface area contributed by atoms with Crippen molar-refractivity contribution >= 4 is 11.5 Å². The van der Waals surface area contributed by atoms with E-state index < -0.39 is 11.2 Å². The van der Waals surface area contributed by atoms with Gasteiger partial charge in [0, 0.05) is 32.7 Å². The van der Waals surface area contributed by atoms with Crippen LogP contribution in [-0.2, 0) is 11.3 Å². The molecule has 1 aromatic heterocycles. The van der Waals surface area contributed by atoms with Crippen molar-refractivity contribution in [3.8, 4) is 0 Å². The molecule has 1 aromatic rings. The molecule has 0 aromatic carbocycles. The number of nitrogens with two attached hydrogens (primary N) is 1. The van der Waals surface area contributed by atoms with Crippen molar-refractivity contribution in [2.75, 3.05) is 50.4 Å². The molecule has 1 aliphatic heterocycles. The van der Waals surface area contributed by atoms with Gasteiger partial charge in [0.15, 0.2) is 0 Å². The molecule has 8 nitrogen and oxygen atoms in total. The van der Waals surface area contributed by atoms with Crippen LogP contribution in [0.25, 0.3) is 0 Å². The minimum absolute atomic E-state index is 0.201. The number of nitrogens with one attached hydrogen (secondary N) is 2. The van der Waals surface area contributed by atoms with Gasteiger partial charge < -0.3 is 15.8 Å². The smallest absolute Gasteiger partial charge is 0.330 e. The summed E-state index contributed by atoms with van der Waals surface area (Å²) in [4.78, 5) is 28.1. The molecule has 118 valence electrons. The number of rotatable bonds is 6. The van der Waals surface area contributed by atoms with Gasteiger partial charge in [-0.25, -0.2) is 4.79 Å². The maximum absolute atomic E-state index is 11.9. The van der Waals surface area contributed by atoms with E-state index in [2.05, 4.69) is 15.2 Å². The SMILES string of the molecule is CCCn1c(N)c(NCCN2CCOCC2)c(=O)[nH]c1=O. The summed E-state index contributed by atoms with van der Waals surface area (Å²) in [5.74, 6) is 0.201. The van der Waals surface area contributed by atoms with E-state index in [-0.39, 0.29) is 11.5 Å². The molecule has 0 spiro atoms. The van der Waals surface area contributed by atoms with Crippen LogP contribution < -0.4 is 22.3 Å². The summed E-state index contributed by atoms with van der Waals surface area (Å²) < 4.78 is 6.67. The first-order valence-electron chi connectivity index (χ1n) is 7.30. The average molecular weight is 297 g/mol. The molecule has 2 rings (SSSR count). The second-order valence-corrected chi connectivity index (χ2v) is 5.05. The first-order chi connectivity index (χ1) is 10.1. The molecule has 1 saturated heterocycles. The Bertz CT molecular complexity index is 574. The predicted molar refractivity (Wildman–Crippen MR) is 81.8 cm³/mol. The number of morpholine rings is 1. The Morgan fingerprint density at radius 1 is 1.29 bits per heavy atom.